The van der Waals surface area contributed by atoms with Crippen LogP contribution in [0.1, 0.15) is 13.3 Å². The van der Waals surface area contributed by atoms with E-state index in [1.165, 1.54) is 6.92 Å². The molecular weight excluding hydrogens is 161 g/mol. The number of halogens is 3. The fourth-order valence-corrected chi connectivity index (χ4v) is 1.02. The minimum atomic E-state index is -4.44. The Balaban J connectivity index is 2.68. The highest BCUT2D eigenvalue weighted by Crippen LogP contribution is 2.35. The minimum Gasteiger partial charge on any atom is -0.462 e. The molecule has 0 amide bonds. The summed E-state index contributed by atoms with van der Waals surface area (Å²) in [5, 5.41) is 0. The lowest BCUT2D eigenvalue weighted by Gasteiger charge is -2.08. The summed E-state index contributed by atoms with van der Waals surface area (Å²) in [4.78, 5) is 10.5. The molecule has 1 saturated heterocycles. The number of carbonyl (C=O) groups excluding carboxylic acids is 1. The Kier molecular flexibility index (Phi) is 1.82. The van der Waals surface area contributed by atoms with Gasteiger partial charge in [-0.05, 0) is 6.92 Å². The van der Waals surface area contributed by atoms with Crippen LogP contribution in [0.4, 0.5) is 13.2 Å². The molecule has 0 N–H and O–H groups in total. The van der Waals surface area contributed by atoms with Gasteiger partial charge in [0.05, 0.1) is 0 Å². The summed E-state index contributed by atoms with van der Waals surface area (Å²) < 4.78 is 40.0. The second-order valence-electron chi connectivity index (χ2n) is 2.58. The number of ether oxygens (including phenoxy) is 1. The van der Waals surface area contributed by atoms with E-state index in [0.717, 1.165) is 0 Å². The number of cyclic esters (lactones) is 1. The maximum absolute atomic E-state index is 11.9. The van der Waals surface area contributed by atoms with E-state index < -0.39 is 24.2 Å². The van der Waals surface area contributed by atoms with Crippen LogP contribution in [0, 0.1) is 5.92 Å². The molecule has 1 aliphatic rings. The van der Waals surface area contributed by atoms with Gasteiger partial charge in [0, 0.05) is 6.42 Å². The van der Waals surface area contributed by atoms with Crippen LogP contribution in [-0.2, 0) is 9.53 Å². The molecule has 0 aromatic rings. The molecule has 0 bridgehead atoms. The van der Waals surface area contributed by atoms with Gasteiger partial charge in [0.2, 0.25) is 0 Å². The Morgan fingerprint density at radius 1 is 1.55 bits per heavy atom. The lowest BCUT2D eigenvalue weighted by atomic mass is 10.1. The molecule has 0 radical (unpaired) electrons. The first-order valence-corrected chi connectivity index (χ1v) is 3.18. The summed E-state index contributed by atoms with van der Waals surface area (Å²) in [6.07, 6.45) is -5.29. The van der Waals surface area contributed by atoms with Gasteiger partial charge in [0.15, 0.2) is 5.92 Å². The molecule has 5 heteroatoms. The topological polar surface area (TPSA) is 26.3 Å². The van der Waals surface area contributed by atoms with Crippen molar-refractivity contribution in [2.75, 3.05) is 0 Å². The molecule has 0 aromatic carbocycles. The largest absolute Gasteiger partial charge is 0.462 e. The van der Waals surface area contributed by atoms with Crippen molar-refractivity contribution in [2.45, 2.75) is 25.6 Å². The third-order valence-electron chi connectivity index (χ3n) is 1.56. The molecule has 2 nitrogen and oxygen atoms in total. The predicted molar refractivity (Wildman–Crippen MR) is 29.7 cm³/mol. The van der Waals surface area contributed by atoms with Crippen LogP contribution in [-0.4, -0.2) is 18.2 Å². The average Bonchev–Trinajstić information content (AvgIpc) is 2.08. The van der Waals surface area contributed by atoms with Crippen LogP contribution < -0.4 is 0 Å². The smallest absolute Gasteiger partial charge is 0.402 e. The number of hydrogen-bond acceptors (Lipinski definition) is 2. The molecular formula is C6H7F3O2. The predicted octanol–water partition coefficient (Wildman–Crippen LogP) is 1.50. The van der Waals surface area contributed by atoms with Crippen molar-refractivity contribution in [3.05, 3.63) is 0 Å². The molecule has 11 heavy (non-hydrogen) atoms. The van der Waals surface area contributed by atoms with Crippen molar-refractivity contribution in [3.8, 4) is 0 Å². The van der Waals surface area contributed by atoms with Gasteiger partial charge in [-0.15, -0.1) is 0 Å². The maximum atomic E-state index is 11.9. The average molecular weight is 168 g/mol. The standard InChI is InChI=1S/C6H7F3O2/c1-3-2-4(5(10)11-3)6(7,8)9/h3-4H,2H2,1H3/t3-,4+/m0/s1. The van der Waals surface area contributed by atoms with Crippen molar-refractivity contribution in [1.82, 2.24) is 0 Å². The summed E-state index contributed by atoms with van der Waals surface area (Å²) >= 11 is 0. The number of esters is 1. The summed E-state index contributed by atoms with van der Waals surface area (Å²) in [6, 6.07) is 0. The second kappa shape index (κ2) is 2.39. The lowest BCUT2D eigenvalue weighted by Crippen LogP contribution is -2.26. The van der Waals surface area contributed by atoms with Crippen molar-refractivity contribution in [3.63, 3.8) is 0 Å². The van der Waals surface area contributed by atoms with Crippen molar-refractivity contribution >= 4 is 5.97 Å². The molecule has 64 valence electrons. The van der Waals surface area contributed by atoms with Gasteiger partial charge in [-0.1, -0.05) is 0 Å². The Hall–Kier alpha value is -0.740. The normalized spacial score (nSPS) is 32.2. The van der Waals surface area contributed by atoms with Crippen molar-refractivity contribution in [2.24, 2.45) is 5.92 Å². The molecule has 0 spiro atoms. The van der Waals surface area contributed by atoms with Crippen LogP contribution in [0.5, 0.6) is 0 Å². The highest BCUT2D eigenvalue weighted by Gasteiger charge is 2.50. The first kappa shape index (κ1) is 8.36. The molecule has 1 fully saturated rings. The fraction of sp³-hybridized carbons (Fsp3) is 0.833. The third-order valence-corrected chi connectivity index (χ3v) is 1.56. The zero-order chi connectivity index (χ0) is 8.65. The van der Waals surface area contributed by atoms with Gasteiger partial charge >= 0.3 is 12.1 Å². The summed E-state index contributed by atoms with van der Waals surface area (Å²) in [7, 11) is 0. The van der Waals surface area contributed by atoms with Crippen LogP contribution in [0.15, 0.2) is 0 Å². The molecule has 1 aliphatic heterocycles. The van der Waals surface area contributed by atoms with Gasteiger partial charge in [0.1, 0.15) is 6.10 Å². The Bertz CT molecular complexity index is 175. The Labute approximate surface area is 61.3 Å². The van der Waals surface area contributed by atoms with E-state index in [1.807, 2.05) is 0 Å². The van der Waals surface area contributed by atoms with Gasteiger partial charge in [-0.3, -0.25) is 4.79 Å². The summed E-state index contributed by atoms with van der Waals surface area (Å²) in [5.74, 6) is -3.05. The Morgan fingerprint density at radius 3 is 2.27 bits per heavy atom. The second-order valence-corrected chi connectivity index (χ2v) is 2.58. The first-order valence-electron chi connectivity index (χ1n) is 3.18. The highest BCUT2D eigenvalue weighted by molar-refractivity contribution is 5.75. The SMILES string of the molecule is C[C@H]1C[C@@H](C(F)(F)F)C(=O)O1. The molecule has 2 atom stereocenters. The highest BCUT2D eigenvalue weighted by atomic mass is 19.4. The summed E-state index contributed by atoms with van der Waals surface area (Å²) in [5.41, 5.74) is 0. The molecule has 0 aliphatic carbocycles. The quantitative estimate of drug-likeness (QED) is 0.512. The molecule has 1 heterocycles. The van der Waals surface area contributed by atoms with Gasteiger partial charge in [0.25, 0.3) is 0 Å². The summed E-state index contributed by atoms with van der Waals surface area (Å²) in [6.45, 7) is 1.45. The van der Waals surface area contributed by atoms with Crippen LogP contribution in [0.2, 0.25) is 0 Å². The van der Waals surface area contributed by atoms with Crippen molar-refractivity contribution < 1.29 is 22.7 Å². The number of alkyl halides is 3. The van der Waals surface area contributed by atoms with Crippen LogP contribution in [0.25, 0.3) is 0 Å². The minimum absolute atomic E-state index is 0.248. The molecule has 0 aromatic heterocycles. The number of hydrogen-bond donors (Lipinski definition) is 0. The first-order chi connectivity index (χ1) is 4.91. The van der Waals surface area contributed by atoms with Crippen LogP contribution >= 0.6 is 0 Å². The zero-order valence-electron chi connectivity index (χ0n) is 5.81. The monoisotopic (exact) mass is 168 g/mol. The lowest BCUT2D eigenvalue weighted by molar-refractivity contribution is -0.185. The molecule has 1 rings (SSSR count). The fourth-order valence-electron chi connectivity index (χ4n) is 1.02. The van der Waals surface area contributed by atoms with E-state index in [0.29, 0.717) is 0 Å². The molecule has 0 unspecified atom stereocenters. The van der Waals surface area contributed by atoms with Crippen molar-refractivity contribution in [1.29, 1.82) is 0 Å². The number of rotatable bonds is 0. The van der Waals surface area contributed by atoms with E-state index in [1.54, 1.807) is 0 Å². The van der Waals surface area contributed by atoms with Gasteiger partial charge in [-0.2, -0.15) is 13.2 Å². The van der Waals surface area contributed by atoms with E-state index in [9.17, 15) is 18.0 Å². The van der Waals surface area contributed by atoms with Gasteiger partial charge in [-0.25, -0.2) is 0 Å². The Morgan fingerprint density at radius 2 is 2.09 bits per heavy atom. The van der Waals surface area contributed by atoms with E-state index in [4.69, 9.17) is 0 Å². The number of carbonyl (C=O) groups is 1. The third kappa shape index (κ3) is 1.64. The van der Waals surface area contributed by atoms with E-state index >= 15 is 0 Å². The van der Waals surface area contributed by atoms with Crippen LogP contribution in [0.3, 0.4) is 0 Å². The van der Waals surface area contributed by atoms with E-state index in [2.05, 4.69) is 4.74 Å². The maximum Gasteiger partial charge on any atom is 0.402 e. The van der Waals surface area contributed by atoms with Gasteiger partial charge < -0.3 is 4.74 Å². The zero-order valence-corrected chi connectivity index (χ0v) is 5.81. The van der Waals surface area contributed by atoms with E-state index in [-0.39, 0.29) is 6.42 Å². The molecule has 0 saturated carbocycles.